The summed E-state index contributed by atoms with van der Waals surface area (Å²) in [6.07, 6.45) is 0. The standard InChI is InChI=1S/C16H12BrFN2O4/c17-9-1-3-13(11(18)5-9)23-7-15(21)19-10-2-4-14-12(6-10)20-16(22)8-24-14/h1-6H,7-8H2,(H,19,21)(H,20,22). The molecule has 0 radical (unpaired) electrons. The Morgan fingerprint density at radius 3 is 2.96 bits per heavy atom. The van der Waals surface area contributed by atoms with Crippen LogP contribution in [0.3, 0.4) is 0 Å². The van der Waals surface area contributed by atoms with E-state index in [1.807, 2.05) is 0 Å². The first kappa shape index (κ1) is 16.3. The maximum Gasteiger partial charge on any atom is 0.262 e. The van der Waals surface area contributed by atoms with Gasteiger partial charge in [0.15, 0.2) is 24.8 Å². The lowest BCUT2D eigenvalue weighted by molar-refractivity contribution is -0.119. The molecule has 1 heterocycles. The summed E-state index contributed by atoms with van der Waals surface area (Å²) in [7, 11) is 0. The Labute approximate surface area is 145 Å². The van der Waals surface area contributed by atoms with Crippen LogP contribution in [0.15, 0.2) is 40.9 Å². The van der Waals surface area contributed by atoms with Crippen LogP contribution in [0.4, 0.5) is 15.8 Å². The van der Waals surface area contributed by atoms with Crippen LogP contribution in [0, 0.1) is 5.82 Å². The molecule has 0 unspecified atom stereocenters. The molecule has 1 aliphatic heterocycles. The highest BCUT2D eigenvalue weighted by Crippen LogP contribution is 2.30. The third-order valence-corrected chi connectivity index (χ3v) is 3.64. The molecule has 24 heavy (non-hydrogen) atoms. The van der Waals surface area contributed by atoms with E-state index in [0.717, 1.165) is 0 Å². The van der Waals surface area contributed by atoms with E-state index >= 15 is 0 Å². The van der Waals surface area contributed by atoms with Gasteiger partial charge >= 0.3 is 0 Å². The van der Waals surface area contributed by atoms with Crippen LogP contribution in [0.5, 0.6) is 11.5 Å². The van der Waals surface area contributed by atoms with Crippen molar-refractivity contribution in [1.82, 2.24) is 0 Å². The minimum atomic E-state index is -0.564. The zero-order valence-corrected chi connectivity index (χ0v) is 13.9. The normalized spacial score (nSPS) is 12.7. The van der Waals surface area contributed by atoms with Crippen molar-refractivity contribution < 1.29 is 23.5 Å². The van der Waals surface area contributed by atoms with Gasteiger partial charge in [0.05, 0.1) is 5.69 Å². The SMILES string of the molecule is O=C(COc1ccc(Br)cc1F)Nc1ccc2c(c1)NC(=O)CO2. The monoisotopic (exact) mass is 394 g/mol. The maximum atomic E-state index is 13.6. The molecule has 0 aromatic heterocycles. The van der Waals surface area contributed by atoms with Gasteiger partial charge in [-0.15, -0.1) is 0 Å². The Kier molecular flexibility index (Phi) is 4.66. The van der Waals surface area contributed by atoms with Crippen molar-refractivity contribution in [3.63, 3.8) is 0 Å². The Balaban J connectivity index is 1.61. The average molecular weight is 395 g/mol. The zero-order chi connectivity index (χ0) is 17.1. The molecule has 6 nitrogen and oxygen atoms in total. The molecule has 2 amide bonds. The highest BCUT2D eigenvalue weighted by molar-refractivity contribution is 9.10. The van der Waals surface area contributed by atoms with Crippen molar-refractivity contribution in [3.8, 4) is 11.5 Å². The summed E-state index contributed by atoms with van der Waals surface area (Å²) in [4.78, 5) is 23.2. The van der Waals surface area contributed by atoms with Gasteiger partial charge in [-0.1, -0.05) is 15.9 Å². The first-order valence-electron chi connectivity index (χ1n) is 6.95. The number of rotatable bonds is 4. The van der Waals surface area contributed by atoms with Gasteiger partial charge in [-0.3, -0.25) is 9.59 Å². The second-order valence-corrected chi connectivity index (χ2v) is 5.88. The Morgan fingerprint density at radius 2 is 2.17 bits per heavy atom. The number of nitrogens with one attached hydrogen (secondary N) is 2. The van der Waals surface area contributed by atoms with Crippen molar-refractivity contribution in [3.05, 3.63) is 46.7 Å². The van der Waals surface area contributed by atoms with E-state index < -0.39 is 11.7 Å². The molecule has 2 aromatic carbocycles. The fourth-order valence-corrected chi connectivity index (χ4v) is 2.43. The molecule has 1 aliphatic rings. The lowest BCUT2D eigenvalue weighted by atomic mass is 10.2. The lowest BCUT2D eigenvalue weighted by Gasteiger charge is -2.18. The van der Waals surface area contributed by atoms with Crippen LogP contribution in [-0.4, -0.2) is 25.0 Å². The van der Waals surface area contributed by atoms with E-state index in [1.165, 1.54) is 12.1 Å². The van der Waals surface area contributed by atoms with Crippen molar-refractivity contribution in [2.24, 2.45) is 0 Å². The van der Waals surface area contributed by atoms with Crippen molar-refractivity contribution >= 4 is 39.1 Å². The minimum Gasteiger partial charge on any atom is -0.482 e. The predicted molar refractivity (Wildman–Crippen MR) is 88.8 cm³/mol. The quantitative estimate of drug-likeness (QED) is 0.835. The van der Waals surface area contributed by atoms with Gasteiger partial charge in [-0.2, -0.15) is 0 Å². The van der Waals surface area contributed by atoms with E-state index in [0.29, 0.717) is 21.6 Å². The van der Waals surface area contributed by atoms with Crippen molar-refractivity contribution in [1.29, 1.82) is 0 Å². The van der Waals surface area contributed by atoms with Gasteiger partial charge in [0, 0.05) is 10.2 Å². The summed E-state index contributed by atoms with van der Waals surface area (Å²) in [5.74, 6) is -0.772. The largest absolute Gasteiger partial charge is 0.482 e. The molecular formula is C16H12BrFN2O4. The first-order chi connectivity index (χ1) is 11.5. The number of carbonyl (C=O) groups excluding carboxylic acids is 2. The summed E-state index contributed by atoms with van der Waals surface area (Å²) >= 11 is 3.14. The number of anilines is 2. The Bertz CT molecular complexity index is 813. The highest BCUT2D eigenvalue weighted by Gasteiger charge is 2.16. The maximum absolute atomic E-state index is 13.6. The minimum absolute atomic E-state index is 0.0144. The van der Waals surface area contributed by atoms with Gasteiger partial charge in [-0.05, 0) is 36.4 Å². The van der Waals surface area contributed by atoms with Crippen molar-refractivity contribution in [2.75, 3.05) is 23.8 Å². The lowest BCUT2D eigenvalue weighted by Crippen LogP contribution is -2.25. The fraction of sp³-hybridized carbons (Fsp3) is 0.125. The molecule has 3 rings (SSSR count). The number of halogens is 2. The number of benzene rings is 2. The Morgan fingerprint density at radius 1 is 1.33 bits per heavy atom. The molecule has 0 fully saturated rings. The third-order valence-electron chi connectivity index (χ3n) is 3.15. The molecule has 0 atom stereocenters. The average Bonchev–Trinajstić information content (AvgIpc) is 2.53. The number of hydrogen-bond acceptors (Lipinski definition) is 4. The first-order valence-corrected chi connectivity index (χ1v) is 7.75. The van der Waals surface area contributed by atoms with Gasteiger partial charge in [0.1, 0.15) is 5.75 Å². The topological polar surface area (TPSA) is 76.7 Å². The van der Waals surface area contributed by atoms with Crippen LogP contribution in [-0.2, 0) is 9.59 Å². The Hall–Kier alpha value is -2.61. The molecule has 2 aromatic rings. The van der Waals surface area contributed by atoms with E-state index in [4.69, 9.17) is 9.47 Å². The van der Waals surface area contributed by atoms with Crippen LogP contribution in [0.25, 0.3) is 0 Å². The number of amides is 2. The molecule has 0 spiro atoms. The van der Waals surface area contributed by atoms with Gasteiger partial charge in [0.25, 0.3) is 11.8 Å². The predicted octanol–water partition coefficient (Wildman–Crippen LogP) is 2.94. The smallest absolute Gasteiger partial charge is 0.262 e. The zero-order valence-electron chi connectivity index (χ0n) is 12.3. The van der Waals surface area contributed by atoms with E-state index in [9.17, 15) is 14.0 Å². The van der Waals surface area contributed by atoms with Gasteiger partial charge in [-0.25, -0.2) is 4.39 Å². The second kappa shape index (κ2) is 6.88. The third kappa shape index (κ3) is 3.83. The summed E-state index contributed by atoms with van der Waals surface area (Å²) in [6.45, 7) is -0.385. The summed E-state index contributed by atoms with van der Waals surface area (Å²) < 4.78 is 24.6. The second-order valence-electron chi connectivity index (χ2n) is 4.96. The molecule has 8 heteroatoms. The van der Waals surface area contributed by atoms with Crippen molar-refractivity contribution in [2.45, 2.75) is 0 Å². The van der Waals surface area contributed by atoms with E-state index in [1.54, 1.807) is 24.3 Å². The molecule has 0 saturated heterocycles. The molecule has 0 bridgehead atoms. The van der Waals surface area contributed by atoms with E-state index in [2.05, 4.69) is 26.6 Å². The number of fused-ring (bicyclic) bond motifs is 1. The highest BCUT2D eigenvalue weighted by atomic mass is 79.9. The van der Waals surface area contributed by atoms with Gasteiger partial charge < -0.3 is 20.1 Å². The van der Waals surface area contributed by atoms with Crippen LogP contribution in [0.1, 0.15) is 0 Å². The summed E-state index contributed by atoms with van der Waals surface area (Å²) in [5.41, 5.74) is 0.938. The van der Waals surface area contributed by atoms with Gasteiger partial charge in [0.2, 0.25) is 0 Å². The van der Waals surface area contributed by atoms with Crippen LogP contribution < -0.4 is 20.1 Å². The van der Waals surface area contributed by atoms with Crippen LogP contribution >= 0.6 is 15.9 Å². The summed E-state index contributed by atoms with van der Waals surface area (Å²) in [6, 6.07) is 9.14. The number of ether oxygens (including phenoxy) is 2. The van der Waals surface area contributed by atoms with E-state index in [-0.39, 0.29) is 24.9 Å². The molecule has 2 N–H and O–H groups in total. The summed E-state index contributed by atoms with van der Waals surface area (Å²) in [5, 5.41) is 5.25. The number of carbonyl (C=O) groups is 2. The molecule has 0 saturated carbocycles. The fourth-order valence-electron chi connectivity index (χ4n) is 2.09. The molecular weight excluding hydrogens is 383 g/mol. The molecule has 0 aliphatic carbocycles. The van der Waals surface area contributed by atoms with Crippen LogP contribution in [0.2, 0.25) is 0 Å². The number of hydrogen-bond donors (Lipinski definition) is 2. The molecule has 124 valence electrons.